The Labute approximate surface area is 170 Å². The minimum atomic E-state index is -3.88. The van der Waals surface area contributed by atoms with Crippen LogP contribution in [0, 0.1) is 0 Å². The molecule has 4 rings (SSSR count). The van der Waals surface area contributed by atoms with E-state index in [2.05, 4.69) is 14.9 Å². The van der Waals surface area contributed by atoms with Crippen LogP contribution in [0.4, 0.5) is 5.69 Å². The van der Waals surface area contributed by atoms with Crippen LogP contribution in [0.25, 0.3) is 0 Å². The lowest BCUT2D eigenvalue weighted by molar-refractivity contribution is 0.171. The van der Waals surface area contributed by atoms with Gasteiger partial charge in [0.05, 0.1) is 10.6 Å². The van der Waals surface area contributed by atoms with Gasteiger partial charge in [0.25, 0.3) is 10.0 Å². The van der Waals surface area contributed by atoms with Gasteiger partial charge in [-0.15, -0.1) is 10.2 Å². The summed E-state index contributed by atoms with van der Waals surface area (Å²) in [6, 6.07) is 9.45. The molecule has 0 aliphatic carbocycles. The number of nitrogens with one attached hydrogen (secondary N) is 1. The molecule has 0 unspecified atom stereocenters. The number of ether oxygens (including phenoxy) is 2. The van der Waals surface area contributed by atoms with Crippen molar-refractivity contribution in [2.45, 2.75) is 14.9 Å². The number of hydrogen-bond donors (Lipinski definition) is 1. The highest BCUT2D eigenvalue weighted by Crippen LogP contribution is 2.36. The molecular weight excluding hydrogens is 424 g/mol. The van der Waals surface area contributed by atoms with Crippen LogP contribution in [-0.2, 0) is 17.1 Å². The van der Waals surface area contributed by atoms with E-state index in [4.69, 9.17) is 21.1 Å². The third-order valence-corrected chi connectivity index (χ3v) is 6.61. The summed E-state index contributed by atoms with van der Waals surface area (Å²) in [6.07, 6.45) is 1.57. The molecular formula is C17H15ClN4O4S2. The summed E-state index contributed by atoms with van der Waals surface area (Å²) in [4.78, 5) is 0.702. The van der Waals surface area contributed by atoms with Crippen LogP contribution < -0.4 is 14.2 Å². The van der Waals surface area contributed by atoms with Gasteiger partial charge >= 0.3 is 0 Å². The van der Waals surface area contributed by atoms with Crippen LogP contribution in [-0.4, -0.2) is 36.4 Å². The van der Waals surface area contributed by atoms with E-state index in [1.165, 1.54) is 23.9 Å². The van der Waals surface area contributed by atoms with Gasteiger partial charge in [-0.3, -0.25) is 4.72 Å². The van der Waals surface area contributed by atoms with E-state index < -0.39 is 10.0 Å². The summed E-state index contributed by atoms with van der Waals surface area (Å²) >= 11 is 7.36. The Hall–Kier alpha value is -2.43. The highest BCUT2D eigenvalue weighted by molar-refractivity contribution is 7.99. The quantitative estimate of drug-likeness (QED) is 0.653. The molecule has 1 N–H and O–H groups in total. The standard InChI is InChI=1S/C17H15ClN4O4S2/c1-22-10-19-20-17(22)27-16-5-2-11(18)8-13(16)21-28(23,24)12-3-4-14-15(9-12)26-7-6-25-14/h2-5,8-10,21H,6-7H2,1H3. The lowest BCUT2D eigenvalue weighted by Crippen LogP contribution is -2.17. The Morgan fingerprint density at radius 2 is 1.93 bits per heavy atom. The first-order valence-corrected chi connectivity index (χ1v) is 10.8. The van der Waals surface area contributed by atoms with Gasteiger partial charge in [0.15, 0.2) is 16.7 Å². The number of fused-ring (bicyclic) bond motifs is 1. The molecule has 8 nitrogen and oxygen atoms in total. The van der Waals surface area contributed by atoms with Crippen LogP contribution in [0.1, 0.15) is 0 Å². The number of benzene rings is 2. The summed E-state index contributed by atoms with van der Waals surface area (Å²) in [5, 5.41) is 8.86. The third-order valence-electron chi connectivity index (χ3n) is 3.88. The minimum absolute atomic E-state index is 0.0614. The predicted octanol–water partition coefficient (Wildman–Crippen LogP) is 3.19. The highest BCUT2D eigenvalue weighted by Gasteiger charge is 2.21. The number of halogens is 1. The molecule has 0 saturated heterocycles. The summed E-state index contributed by atoms with van der Waals surface area (Å²) in [7, 11) is -2.07. The maximum atomic E-state index is 12.9. The molecule has 146 valence electrons. The number of hydrogen-bond acceptors (Lipinski definition) is 7. The number of aryl methyl sites for hydroxylation is 1. The first kappa shape index (κ1) is 18.9. The van der Waals surface area contributed by atoms with Crippen molar-refractivity contribution in [3.63, 3.8) is 0 Å². The Morgan fingerprint density at radius 1 is 1.14 bits per heavy atom. The molecule has 0 radical (unpaired) electrons. The average Bonchev–Trinajstić information content (AvgIpc) is 3.08. The fourth-order valence-corrected chi connectivity index (χ4v) is 4.68. The van der Waals surface area contributed by atoms with E-state index in [0.717, 1.165) is 0 Å². The van der Waals surface area contributed by atoms with E-state index in [-0.39, 0.29) is 4.90 Å². The second-order valence-electron chi connectivity index (χ2n) is 5.88. The third kappa shape index (κ3) is 3.89. The van der Waals surface area contributed by atoms with Crippen molar-refractivity contribution in [3.8, 4) is 11.5 Å². The Bertz CT molecular complexity index is 1130. The first-order chi connectivity index (χ1) is 13.4. The van der Waals surface area contributed by atoms with Crippen molar-refractivity contribution in [2.75, 3.05) is 17.9 Å². The summed E-state index contributed by atoms with van der Waals surface area (Å²) in [5.74, 6) is 0.917. The topological polar surface area (TPSA) is 95.3 Å². The molecule has 28 heavy (non-hydrogen) atoms. The summed E-state index contributed by atoms with van der Waals surface area (Å²) < 4.78 is 41.1. The highest BCUT2D eigenvalue weighted by atomic mass is 35.5. The van der Waals surface area contributed by atoms with Crippen LogP contribution in [0.15, 0.2) is 57.7 Å². The zero-order valence-corrected chi connectivity index (χ0v) is 17.0. The zero-order valence-electron chi connectivity index (χ0n) is 14.6. The molecule has 0 amide bonds. The van der Waals surface area contributed by atoms with Crippen molar-refractivity contribution in [1.82, 2.24) is 14.8 Å². The van der Waals surface area contributed by atoms with Crippen molar-refractivity contribution >= 4 is 39.1 Å². The van der Waals surface area contributed by atoms with Crippen LogP contribution in [0.2, 0.25) is 5.02 Å². The number of anilines is 1. The Balaban J connectivity index is 1.66. The van der Waals surface area contributed by atoms with Crippen LogP contribution in [0.5, 0.6) is 11.5 Å². The van der Waals surface area contributed by atoms with Crippen molar-refractivity contribution < 1.29 is 17.9 Å². The predicted molar refractivity (Wildman–Crippen MR) is 105 cm³/mol. The lowest BCUT2D eigenvalue weighted by atomic mass is 10.3. The molecule has 1 aromatic heterocycles. The van der Waals surface area contributed by atoms with E-state index in [0.29, 0.717) is 45.5 Å². The zero-order chi connectivity index (χ0) is 19.7. The van der Waals surface area contributed by atoms with Crippen LogP contribution >= 0.6 is 23.4 Å². The second-order valence-corrected chi connectivity index (χ2v) is 9.01. The van der Waals surface area contributed by atoms with Crippen molar-refractivity contribution in [3.05, 3.63) is 47.7 Å². The minimum Gasteiger partial charge on any atom is -0.486 e. The molecule has 3 aromatic rings. The Kier molecular flexibility index (Phi) is 5.09. The number of aromatic nitrogens is 3. The van der Waals surface area contributed by atoms with E-state index in [1.54, 1.807) is 42.2 Å². The monoisotopic (exact) mass is 438 g/mol. The van der Waals surface area contributed by atoms with Gasteiger partial charge in [0, 0.05) is 23.0 Å². The molecule has 1 aliphatic rings. The largest absolute Gasteiger partial charge is 0.486 e. The summed E-state index contributed by atoms with van der Waals surface area (Å²) in [6.45, 7) is 0.805. The van der Waals surface area contributed by atoms with E-state index in [9.17, 15) is 8.42 Å². The van der Waals surface area contributed by atoms with E-state index >= 15 is 0 Å². The molecule has 0 saturated carbocycles. The second kappa shape index (κ2) is 7.53. The number of nitrogens with zero attached hydrogens (tertiary/aromatic N) is 3. The van der Waals surface area contributed by atoms with Gasteiger partial charge in [-0.1, -0.05) is 11.6 Å². The smallest absolute Gasteiger partial charge is 0.262 e. The maximum absolute atomic E-state index is 12.9. The molecule has 0 fully saturated rings. The number of rotatable bonds is 5. The molecule has 0 spiro atoms. The van der Waals surface area contributed by atoms with Gasteiger partial charge in [0.2, 0.25) is 0 Å². The first-order valence-electron chi connectivity index (χ1n) is 8.16. The van der Waals surface area contributed by atoms with Gasteiger partial charge in [-0.05, 0) is 42.1 Å². The summed E-state index contributed by atoms with van der Waals surface area (Å²) in [5.41, 5.74) is 0.343. The van der Waals surface area contributed by atoms with Crippen molar-refractivity contribution in [1.29, 1.82) is 0 Å². The van der Waals surface area contributed by atoms with Crippen molar-refractivity contribution in [2.24, 2.45) is 7.05 Å². The normalized spacial score (nSPS) is 13.4. The van der Waals surface area contributed by atoms with Gasteiger partial charge in [0.1, 0.15) is 19.5 Å². The SMILES string of the molecule is Cn1cnnc1Sc1ccc(Cl)cc1NS(=O)(=O)c1ccc2c(c1)OCCO2. The molecule has 2 aromatic carbocycles. The van der Waals surface area contributed by atoms with Gasteiger partial charge < -0.3 is 14.0 Å². The lowest BCUT2D eigenvalue weighted by Gasteiger charge is -2.19. The molecule has 11 heteroatoms. The average molecular weight is 439 g/mol. The Morgan fingerprint density at radius 3 is 2.68 bits per heavy atom. The van der Waals surface area contributed by atoms with Gasteiger partial charge in [-0.2, -0.15) is 0 Å². The van der Waals surface area contributed by atoms with E-state index in [1.807, 2.05) is 0 Å². The number of sulfonamides is 1. The molecule has 0 bridgehead atoms. The maximum Gasteiger partial charge on any atom is 0.262 e. The van der Waals surface area contributed by atoms with Gasteiger partial charge in [-0.25, -0.2) is 8.42 Å². The fraction of sp³-hybridized carbons (Fsp3) is 0.176. The molecule has 1 aliphatic heterocycles. The molecule has 2 heterocycles. The fourth-order valence-electron chi connectivity index (χ4n) is 2.53. The van der Waals surface area contributed by atoms with Crippen LogP contribution in [0.3, 0.4) is 0 Å². The molecule has 0 atom stereocenters.